The van der Waals surface area contributed by atoms with Crippen LogP contribution in [0.5, 0.6) is 5.75 Å². The van der Waals surface area contributed by atoms with Crippen LogP contribution in [0.2, 0.25) is 0 Å². The number of piperidine rings is 1. The van der Waals surface area contributed by atoms with Gasteiger partial charge in [0.05, 0.1) is 30.4 Å². The van der Waals surface area contributed by atoms with Crippen LogP contribution >= 0.6 is 11.3 Å². The highest BCUT2D eigenvalue weighted by Crippen LogP contribution is 2.42. The van der Waals surface area contributed by atoms with E-state index in [-0.39, 0.29) is 5.91 Å². The highest BCUT2D eigenvalue weighted by molar-refractivity contribution is 7.12. The molecule has 4 heterocycles. The first-order chi connectivity index (χ1) is 13.1. The summed E-state index contributed by atoms with van der Waals surface area (Å²) in [4.78, 5) is 17.5. The maximum Gasteiger partial charge on any atom is 0.259 e. The van der Waals surface area contributed by atoms with Crippen LogP contribution in [0.25, 0.3) is 10.9 Å². The predicted octanol–water partition coefficient (Wildman–Crippen LogP) is 3.27. The molecule has 6 nitrogen and oxygen atoms in total. The van der Waals surface area contributed by atoms with Crippen LogP contribution in [0.4, 0.5) is 5.69 Å². The number of aryl methyl sites for hydroxylation is 1. The fraction of sp³-hybridized carbons (Fsp3) is 0.400. The van der Waals surface area contributed by atoms with Gasteiger partial charge in [-0.2, -0.15) is 5.10 Å². The van der Waals surface area contributed by atoms with Crippen LogP contribution < -0.4 is 15.0 Å². The highest BCUT2D eigenvalue weighted by Gasteiger charge is 2.34. The molecule has 0 saturated carbocycles. The number of aromatic nitrogens is 2. The van der Waals surface area contributed by atoms with E-state index in [1.807, 2.05) is 30.3 Å². The molecule has 0 atom stereocenters. The smallest absolute Gasteiger partial charge is 0.259 e. The second-order valence-electron chi connectivity index (χ2n) is 7.29. The van der Waals surface area contributed by atoms with Gasteiger partial charge in [-0.15, -0.1) is 11.3 Å². The summed E-state index contributed by atoms with van der Waals surface area (Å²) in [6, 6.07) is 6.04. The lowest BCUT2D eigenvalue weighted by molar-refractivity contribution is 0.0996. The van der Waals surface area contributed by atoms with Crippen molar-refractivity contribution in [1.29, 1.82) is 0 Å². The third-order valence-electron chi connectivity index (χ3n) is 5.56. The van der Waals surface area contributed by atoms with Crippen molar-refractivity contribution < 1.29 is 9.53 Å². The van der Waals surface area contributed by atoms with Crippen LogP contribution in [0.1, 0.15) is 38.9 Å². The van der Waals surface area contributed by atoms with Crippen molar-refractivity contribution in [3.05, 3.63) is 39.7 Å². The number of benzene rings is 1. The molecule has 27 heavy (non-hydrogen) atoms. The summed E-state index contributed by atoms with van der Waals surface area (Å²) in [5.74, 6) is 1.34. The summed E-state index contributed by atoms with van der Waals surface area (Å²) < 4.78 is 7.35. The van der Waals surface area contributed by atoms with Crippen molar-refractivity contribution in [2.45, 2.75) is 25.3 Å². The number of hydrogen-bond acceptors (Lipinski definition) is 5. The summed E-state index contributed by atoms with van der Waals surface area (Å²) >= 11 is 1.80. The number of methoxy groups -OCH3 is 1. The Kier molecular flexibility index (Phi) is 3.94. The van der Waals surface area contributed by atoms with E-state index in [4.69, 9.17) is 4.74 Å². The Bertz CT molecular complexity index is 1030. The third-order valence-corrected chi connectivity index (χ3v) is 6.84. The van der Waals surface area contributed by atoms with Crippen LogP contribution in [0.3, 0.4) is 0 Å². The fourth-order valence-corrected chi connectivity index (χ4v) is 5.46. The third kappa shape index (κ3) is 2.73. The van der Waals surface area contributed by atoms with Crippen molar-refractivity contribution >= 4 is 33.8 Å². The number of thiophene rings is 1. The van der Waals surface area contributed by atoms with E-state index < -0.39 is 0 Å². The van der Waals surface area contributed by atoms with E-state index in [1.165, 1.54) is 9.75 Å². The summed E-state index contributed by atoms with van der Waals surface area (Å²) in [5, 5.41) is 8.85. The number of amides is 1. The Balaban J connectivity index is 1.48. The minimum Gasteiger partial charge on any atom is -0.494 e. The van der Waals surface area contributed by atoms with E-state index >= 15 is 0 Å². The molecule has 7 heteroatoms. The number of ether oxygens (including phenoxy) is 1. The molecule has 2 aliphatic rings. The Morgan fingerprint density at radius 1 is 1.26 bits per heavy atom. The zero-order valence-electron chi connectivity index (χ0n) is 15.5. The highest BCUT2D eigenvalue weighted by atomic mass is 32.1. The van der Waals surface area contributed by atoms with Crippen LogP contribution in [-0.4, -0.2) is 35.9 Å². The van der Waals surface area contributed by atoms with E-state index in [0.717, 1.165) is 48.1 Å². The molecule has 1 fully saturated rings. The Hall–Kier alpha value is -2.38. The van der Waals surface area contributed by atoms with Gasteiger partial charge in [-0.05, 0) is 44.0 Å². The molecular weight excluding hydrogens is 360 g/mol. The van der Waals surface area contributed by atoms with Crippen LogP contribution in [-0.2, 0) is 13.6 Å². The molecule has 1 saturated heterocycles. The minimum atomic E-state index is 0.0722. The van der Waals surface area contributed by atoms with Gasteiger partial charge in [-0.3, -0.25) is 14.4 Å². The van der Waals surface area contributed by atoms with Gasteiger partial charge in [0.15, 0.2) is 0 Å². The molecule has 5 rings (SSSR count). The van der Waals surface area contributed by atoms with Gasteiger partial charge in [0.1, 0.15) is 5.75 Å². The number of fused-ring (bicyclic) bond motifs is 2. The zero-order valence-corrected chi connectivity index (χ0v) is 16.3. The van der Waals surface area contributed by atoms with Crippen molar-refractivity contribution in [3.63, 3.8) is 0 Å². The molecule has 3 aromatic rings. The van der Waals surface area contributed by atoms with Gasteiger partial charge in [0.2, 0.25) is 0 Å². The molecule has 0 spiro atoms. The lowest BCUT2D eigenvalue weighted by atomic mass is 9.96. The Morgan fingerprint density at radius 3 is 2.81 bits per heavy atom. The van der Waals surface area contributed by atoms with E-state index in [1.54, 1.807) is 23.1 Å². The normalized spacial score (nSPS) is 17.7. The molecule has 1 aromatic carbocycles. The maximum atomic E-state index is 13.1. The Morgan fingerprint density at radius 2 is 2.07 bits per heavy atom. The van der Waals surface area contributed by atoms with Gasteiger partial charge >= 0.3 is 0 Å². The molecule has 0 bridgehead atoms. The van der Waals surface area contributed by atoms with Crippen molar-refractivity contribution in [2.75, 3.05) is 25.1 Å². The van der Waals surface area contributed by atoms with Crippen molar-refractivity contribution in [3.8, 4) is 5.75 Å². The molecule has 0 radical (unpaired) electrons. The van der Waals surface area contributed by atoms with Crippen molar-refractivity contribution in [2.24, 2.45) is 7.05 Å². The van der Waals surface area contributed by atoms with Crippen LogP contribution in [0.15, 0.2) is 24.4 Å². The van der Waals surface area contributed by atoms with Gasteiger partial charge < -0.3 is 10.1 Å². The van der Waals surface area contributed by atoms with E-state index in [2.05, 4.69) is 16.5 Å². The molecule has 2 aromatic heterocycles. The monoisotopic (exact) mass is 382 g/mol. The molecule has 2 aliphatic heterocycles. The van der Waals surface area contributed by atoms with E-state index in [0.29, 0.717) is 18.2 Å². The molecule has 140 valence electrons. The maximum absolute atomic E-state index is 13.1. The van der Waals surface area contributed by atoms with Gasteiger partial charge in [0.25, 0.3) is 5.91 Å². The molecule has 0 aliphatic carbocycles. The number of carbonyl (C=O) groups is 1. The average Bonchev–Trinajstić information content (AvgIpc) is 3.34. The number of rotatable bonds is 3. The number of nitrogens with one attached hydrogen (secondary N) is 1. The lowest BCUT2D eigenvalue weighted by Gasteiger charge is -2.22. The first-order valence-electron chi connectivity index (χ1n) is 9.30. The number of hydrogen-bond donors (Lipinski definition) is 1. The zero-order chi connectivity index (χ0) is 18.5. The van der Waals surface area contributed by atoms with Gasteiger partial charge in [0, 0.05) is 34.5 Å². The average molecular weight is 382 g/mol. The van der Waals surface area contributed by atoms with Gasteiger partial charge in [-0.1, -0.05) is 0 Å². The predicted molar refractivity (Wildman–Crippen MR) is 107 cm³/mol. The van der Waals surface area contributed by atoms with Gasteiger partial charge in [-0.25, -0.2) is 0 Å². The topological polar surface area (TPSA) is 59.4 Å². The first-order valence-corrected chi connectivity index (χ1v) is 10.1. The van der Waals surface area contributed by atoms with Crippen LogP contribution in [0, 0.1) is 0 Å². The largest absolute Gasteiger partial charge is 0.494 e. The standard InChI is InChI=1S/C20H22N4O2S/c1-23-10-13-7-16(17(26-2)9-15(13)22-23)24-11-19-14(20(24)25)8-18(27-19)12-3-5-21-6-4-12/h7-10,12,21H,3-6,11H2,1-2H3. The number of carbonyl (C=O) groups excluding carboxylic acids is 1. The molecule has 1 N–H and O–H groups in total. The molecular formula is C20H22N4O2S. The summed E-state index contributed by atoms with van der Waals surface area (Å²) in [6.45, 7) is 2.75. The summed E-state index contributed by atoms with van der Waals surface area (Å²) in [6.07, 6.45) is 4.27. The van der Waals surface area contributed by atoms with E-state index in [9.17, 15) is 4.79 Å². The second-order valence-corrected chi connectivity index (χ2v) is 8.46. The number of nitrogens with zero attached hydrogens (tertiary/aromatic N) is 3. The lowest BCUT2D eigenvalue weighted by Crippen LogP contribution is -2.26. The molecule has 0 unspecified atom stereocenters. The fourth-order valence-electron chi connectivity index (χ4n) is 4.15. The minimum absolute atomic E-state index is 0.0722. The summed E-state index contributed by atoms with van der Waals surface area (Å²) in [5.41, 5.74) is 2.55. The van der Waals surface area contributed by atoms with Crippen molar-refractivity contribution in [1.82, 2.24) is 15.1 Å². The first kappa shape index (κ1) is 16.8. The second kappa shape index (κ2) is 6.35. The SMILES string of the molecule is COc1cc2nn(C)cc2cc1N1Cc2sc(C3CCNCC3)cc2C1=O. The number of anilines is 1. The molecule has 1 amide bonds. The summed E-state index contributed by atoms with van der Waals surface area (Å²) in [7, 11) is 3.53. The Labute approximate surface area is 161 Å². The quantitative estimate of drug-likeness (QED) is 0.755.